The summed E-state index contributed by atoms with van der Waals surface area (Å²) >= 11 is 8.80. The lowest BCUT2D eigenvalue weighted by molar-refractivity contribution is 0.0803. The molecule has 0 saturated heterocycles. The van der Waals surface area contributed by atoms with Gasteiger partial charge in [-0.05, 0) is 22.0 Å². The Morgan fingerprint density at radius 1 is 1.64 bits per heavy atom. The van der Waals surface area contributed by atoms with Crippen molar-refractivity contribution in [2.24, 2.45) is 0 Å². The molecule has 0 fully saturated rings. The van der Waals surface area contributed by atoms with Crippen molar-refractivity contribution in [2.75, 3.05) is 19.5 Å². The largest absolute Gasteiger partial charge is 0.340 e. The van der Waals surface area contributed by atoms with Crippen molar-refractivity contribution < 1.29 is 4.79 Å². The molecular formula is C9H10BrClN2O. The number of hydrogen-bond donors (Lipinski definition) is 0. The van der Waals surface area contributed by atoms with Gasteiger partial charge in [-0.2, -0.15) is 0 Å². The van der Waals surface area contributed by atoms with Gasteiger partial charge in [-0.25, -0.2) is 0 Å². The highest BCUT2D eigenvalue weighted by molar-refractivity contribution is 9.10. The highest BCUT2D eigenvalue weighted by atomic mass is 79.9. The molecular weight excluding hydrogens is 267 g/mol. The van der Waals surface area contributed by atoms with E-state index in [1.807, 2.05) is 0 Å². The zero-order valence-electron chi connectivity index (χ0n) is 7.70. The van der Waals surface area contributed by atoms with E-state index >= 15 is 0 Å². The number of alkyl halides is 1. The molecule has 0 bridgehead atoms. The topological polar surface area (TPSA) is 33.2 Å². The van der Waals surface area contributed by atoms with E-state index in [-0.39, 0.29) is 5.91 Å². The van der Waals surface area contributed by atoms with Gasteiger partial charge in [0.2, 0.25) is 0 Å². The first-order chi connectivity index (χ1) is 6.65. The van der Waals surface area contributed by atoms with Crippen LogP contribution in [0, 0.1) is 0 Å². The molecule has 5 heteroatoms. The van der Waals surface area contributed by atoms with Gasteiger partial charge in [0.25, 0.3) is 5.91 Å². The summed E-state index contributed by atoms with van der Waals surface area (Å²) in [6, 6.07) is 1.74. The van der Waals surface area contributed by atoms with E-state index in [1.165, 1.54) is 6.20 Å². The molecule has 0 saturated carbocycles. The van der Waals surface area contributed by atoms with Crippen molar-refractivity contribution in [3.05, 3.63) is 28.5 Å². The van der Waals surface area contributed by atoms with Crippen LogP contribution in [0.2, 0.25) is 0 Å². The maximum Gasteiger partial charge on any atom is 0.255 e. The van der Waals surface area contributed by atoms with Crippen LogP contribution in [0.4, 0.5) is 0 Å². The summed E-state index contributed by atoms with van der Waals surface area (Å²) in [5, 5.41) is 0. The first kappa shape index (κ1) is 11.5. The molecule has 1 rings (SSSR count). The predicted molar refractivity (Wildman–Crippen MR) is 59.6 cm³/mol. The second-order valence-electron chi connectivity index (χ2n) is 2.81. The zero-order chi connectivity index (χ0) is 10.6. The molecule has 0 unspecified atom stereocenters. The van der Waals surface area contributed by atoms with Crippen LogP contribution < -0.4 is 0 Å². The van der Waals surface area contributed by atoms with Crippen molar-refractivity contribution in [1.29, 1.82) is 0 Å². The monoisotopic (exact) mass is 276 g/mol. The number of aromatic nitrogens is 1. The van der Waals surface area contributed by atoms with Crippen molar-refractivity contribution in [1.82, 2.24) is 9.88 Å². The molecule has 0 spiro atoms. The molecule has 0 aliphatic heterocycles. The number of rotatable bonds is 3. The number of amides is 1. The molecule has 1 heterocycles. The van der Waals surface area contributed by atoms with Crippen molar-refractivity contribution in [3.8, 4) is 0 Å². The van der Waals surface area contributed by atoms with Gasteiger partial charge in [-0.15, -0.1) is 11.6 Å². The number of pyridine rings is 1. The Bertz CT molecular complexity index is 332. The van der Waals surface area contributed by atoms with Crippen LogP contribution in [-0.2, 0) is 0 Å². The van der Waals surface area contributed by atoms with E-state index < -0.39 is 0 Å². The standard InChI is InChI=1S/C9H10BrClN2O/c1-13(3-2-11)9(14)7-4-8(10)6-12-5-7/h4-6H,2-3H2,1H3. The van der Waals surface area contributed by atoms with Gasteiger partial charge in [0.15, 0.2) is 0 Å². The molecule has 0 N–H and O–H groups in total. The summed E-state index contributed by atoms with van der Waals surface area (Å²) in [4.78, 5) is 17.2. The van der Waals surface area contributed by atoms with Gasteiger partial charge < -0.3 is 4.90 Å². The fourth-order valence-corrected chi connectivity index (χ4v) is 1.60. The molecule has 0 atom stereocenters. The minimum Gasteiger partial charge on any atom is -0.340 e. The third kappa shape index (κ3) is 2.96. The van der Waals surface area contributed by atoms with E-state index in [2.05, 4.69) is 20.9 Å². The summed E-state index contributed by atoms with van der Waals surface area (Å²) in [7, 11) is 1.71. The minimum atomic E-state index is -0.0700. The fraction of sp³-hybridized carbons (Fsp3) is 0.333. The Balaban J connectivity index is 2.78. The summed E-state index contributed by atoms with van der Waals surface area (Å²) in [6.45, 7) is 0.535. The fourth-order valence-electron chi connectivity index (χ4n) is 0.978. The second kappa shape index (κ2) is 5.32. The molecule has 0 aliphatic rings. The van der Waals surface area contributed by atoms with Crippen LogP contribution in [0.3, 0.4) is 0 Å². The maximum absolute atomic E-state index is 11.7. The van der Waals surface area contributed by atoms with Gasteiger partial charge in [0.05, 0.1) is 5.56 Å². The highest BCUT2D eigenvalue weighted by Gasteiger charge is 2.11. The molecule has 1 aromatic rings. The van der Waals surface area contributed by atoms with Gasteiger partial charge in [-0.3, -0.25) is 9.78 Å². The minimum absolute atomic E-state index is 0.0700. The van der Waals surface area contributed by atoms with E-state index in [4.69, 9.17) is 11.6 Å². The molecule has 0 aromatic carbocycles. The van der Waals surface area contributed by atoms with Crippen LogP contribution in [0.15, 0.2) is 22.9 Å². The molecule has 0 radical (unpaired) electrons. The summed E-state index contributed by atoms with van der Waals surface area (Å²) < 4.78 is 0.794. The highest BCUT2D eigenvalue weighted by Crippen LogP contribution is 2.10. The lowest BCUT2D eigenvalue weighted by atomic mass is 10.2. The van der Waals surface area contributed by atoms with Crippen LogP contribution in [0.5, 0.6) is 0 Å². The molecule has 14 heavy (non-hydrogen) atoms. The van der Waals surface area contributed by atoms with E-state index in [0.29, 0.717) is 18.0 Å². The summed E-state index contributed by atoms with van der Waals surface area (Å²) in [5.41, 5.74) is 0.562. The Labute approximate surface area is 96.2 Å². The van der Waals surface area contributed by atoms with Crippen molar-refractivity contribution in [3.63, 3.8) is 0 Å². The Kier molecular flexibility index (Phi) is 4.35. The predicted octanol–water partition coefficient (Wildman–Crippen LogP) is 2.15. The van der Waals surface area contributed by atoms with E-state index in [0.717, 1.165) is 4.47 Å². The van der Waals surface area contributed by atoms with Crippen molar-refractivity contribution >= 4 is 33.4 Å². The lowest BCUT2D eigenvalue weighted by Crippen LogP contribution is -2.28. The van der Waals surface area contributed by atoms with Crippen molar-refractivity contribution in [2.45, 2.75) is 0 Å². The van der Waals surface area contributed by atoms with Gasteiger partial charge >= 0.3 is 0 Å². The molecule has 0 aliphatic carbocycles. The lowest BCUT2D eigenvalue weighted by Gasteiger charge is -2.15. The quantitative estimate of drug-likeness (QED) is 0.793. The average Bonchev–Trinajstić information content (AvgIpc) is 2.17. The van der Waals surface area contributed by atoms with Crippen LogP contribution in [0.25, 0.3) is 0 Å². The number of carbonyl (C=O) groups excluding carboxylic acids is 1. The zero-order valence-corrected chi connectivity index (χ0v) is 10.0. The number of nitrogens with zero attached hydrogens (tertiary/aromatic N) is 2. The third-order valence-electron chi connectivity index (χ3n) is 1.72. The SMILES string of the molecule is CN(CCCl)C(=O)c1cncc(Br)c1. The smallest absolute Gasteiger partial charge is 0.255 e. The maximum atomic E-state index is 11.7. The summed E-state index contributed by atoms with van der Waals surface area (Å²) in [5.74, 6) is 0.364. The number of hydrogen-bond acceptors (Lipinski definition) is 2. The number of carbonyl (C=O) groups is 1. The van der Waals surface area contributed by atoms with Gasteiger partial charge in [-0.1, -0.05) is 0 Å². The number of halogens is 2. The average molecular weight is 278 g/mol. The Morgan fingerprint density at radius 3 is 2.93 bits per heavy atom. The molecule has 76 valence electrons. The molecule has 3 nitrogen and oxygen atoms in total. The van der Waals surface area contributed by atoms with E-state index in [9.17, 15) is 4.79 Å². The molecule has 1 aromatic heterocycles. The first-order valence-electron chi connectivity index (χ1n) is 4.07. The first-order valence-corrected chi connectivity index (χ1v) is 5.40. The molecule has 1 amide bonds. The van der Waals surface area contributed by atoms with Crippen LogP contribution in [0.1, 0.15) is 10.4 Å². The van der Waals surface area contributed by atoms with Crippen LogP contribution >= 0.6 is 27.5 Å². The second-order valence-corrected chi connectivity index (χ2v) is 4.10. The van der Waals surface area contributed by atoms with E-state index in [1.54, 1.807) is 24.2 Å². The third-order valence-corrected chi connectivity index (χ3v) is 2.32. The van der Waals surface area contributed by atoms with Gasteiger partial charge in [0.1, 0.15) is 0 Å². The van der Waals surface area contributed by atoms with Gasteiger partial charge in [0, 0.05) is 36.3 Å². The normalized spacial score (nSPS) is 9.93. The Morgan fingerprint density at radius 2 is 2.36 bits per heavy atom. The summed E-state index contributed by atoms with van der Waals surface area (Å²) in [6.07, 6.45) is 3.18. The Hall–Kier alpha value is -0.610. The van der Waals surface area contributed by atoms with Crippen LogP contribution in [-0.4, -0.2) is 35.3 Å².